The van der Waals surface area contributed by atoms with E-state index in [0.29, 0.717) is 12.2 Å². The zero-order chi connectivity index (χ0) is 19.5. The largest absolute Gasteiger partial charge is 0.497 e. The Morgan fingerprint density at radius 2 is 2.07 bits per heavy atom. The van der Waals surface area contributed by atoms with Crippen molar-refractivity contribution in [3.8, 4) is 11.5 Å². The van der Waals surface area contributed by atoms with Gasteiger partial charge in [-0.05, 0) is 24.1 Å². The number of benzene rings is 1. The van der Waals surface area contributed by atoms with Crippen LogP contribution in [0, 0.1) is 0 Å². The lowest BCUT2D eigenvalue weighted by molar-refractivity contribution is 0.0931. The monoisotopic (exact) mass is 385 g/mol. The summed E-state index contributed by atoms with van der Waals surface area (Å²) in [6.07, 6.45) is 1.81. The summed E-state index contributed by atoms with van der Waals surface area (Å²) in [6, 6.07) is 6.05. The molecule has 1 aromatic heterocycles. The molecule has 0 saturated carbocycles. The number of nitrogens with zero attached hydrogens (tertiary/aromatic N) is 2. The summed E-state index contributed by atoms with van der Waals surface area (Å²) in [5, 5.41) is 13.7. The molecule has 0 radical (unpaired) electrons. The second-order valence-corrected chi connectivity index (χ2v) is 7.37. The van der Waals surface area contributed by atoms with E-state index in [1.165, 1.54) is 0 Å². The van der Waals surface area contributed by atoms with E-state index in [9.17, 15) is 4.79 Å². The van der Waals surface area contributed by atoms with E-state index in [4.69, 9.17) is 9.47 Å². The normalized spacial score (nSPS) is 19.3. The fourth-order valence-electron chi connectivity index (χ4n) is 3.98. The van der Waals surface area contributed by atoms with Crippen LogP contribution in [0.4, 0.5) is 0 Å². The first-order valence-corrected chi connectivity index (χ1v) is 9.68. The van der Waals surface area contributed by atoms with Gasteiger partial charge in [-0.2, -0.15) is 5.10 Å². The molecular weight excluding hydrogens is 358 g/mol. The molecule has 0 spiro atoms. The van der Waals surface area contributed by atoms with Crippen LogP contribution in [-0.2, 0) is 19.5 Å². The molecule has 8 heteroatoms. The maximum atomic E-state index is 12.7. The molecule has 1 unspecified atom stereocenters. The van der Waals surface area contributed by atoms with Gasteiger partial charge >= 0.3 is 0 Å². The number of likely N-dealkylation sites (tertiary alicyclic amines) is 1. The van der Waals surface area contributed by atoms with Crippen LogP contribution < -0.4 is 20.1 Å². The van der Waals surface area contributed by atoms with Crippen molar-refractivity contribution in [3.63, 3.8) is 0 Å². The fourth-order valence-corrected chi connectivity index (χ4v) is 3.98. The van der Waals surface area contributed by atoms with Crippen molar-refractivity contribution in [1.82, 2.24) is 25.7 Å². The Labute approximate surface area is 164 Å². The van der Waals surface area contributed by atoms with E-state index in [-0.39, 0.29) is 11.9 Å². The van der Waals surface area contributed by atoms with Crippen molar-refractivity contribution < 1.29 is 14.3 Å². The number of methoxy groups -OCH3 is 2. The quantitative estimate of drug-likeness (QED) is 0.689. The van der Waals surface area contributed by atoms with Crippen LogP contribution in [-0.4, -0.2) is 60.9 Å². The molecule has 28 heavy (non-hydrogen) atoms. The van der Waals surface area contributed by atoms with Crippen molar-refractivity contribution >= 4 is 5.91 Å². The van der Waals surface area contributed by atoms with Gasteiger partial charge in [0.2, 0.25) is 0 Å². The molecular formula is C20H27N5O3. The minimum atomic E-state index is -0.0869. The molecule has 3 N–H and O–H groups in total. The molecule has 1 saturated heterocycles. The standard InChI is InChI=1S/C20H27N5O3/c1-27-15-7-13(8-16(9-15)28-2)11-25-6-4-14(12-25)22-20(26)19-17-10-21-5-3-18(17)23-24-19/h7-9,14,21H,3-6,10-12H2,1-2H3,(H,22,26)(H,23,24). The number of fused-ring (bicyclic) bond motifs is 1. The molecule has 8 nitrogen and oxygen atoms in total. The van der Waals surface area contributed by atoms with Gasteiger partial charge in [-0.25, -0.2) is 0 Å². The molecule has 2 aliphatic rings. The SMILES string of the molecule is COc1cc(CN2CCC(NC(=O)c3n[nH]c4c3CNCC4)C2)cc(OC)c1. The minimum Gasteiger partial charge on any atom is -0.497 e. The molecule has 2 aromatic rings. The molecule has 1 aromatic carbocycles. The van der Waals surface area contributed by atoms with Gasteiger partial charge in [0.15, 0.2) is 5.69 Å². The summed E-state index contributed by atoms with van der Waals surface area (Å²) in [6.45, 7) is 4.16. The van der Waals surface area contributed by atoms with Gasteiger partial charge in [-0.1, -0.05) is 0 Å². The van der Waals surface area contributed by atoms with E-state index < -0.39 is 0 Å². The maximum Gasteiger partial charge on any atom is 0.272 e. The van der Waals surface area contributed by atoms with Gasteiger partial charge < -0.3 is 20.1 Å². The summed E-state index contributed by atoms with van der Waals surface area (Å²) in [5.41, 5.74) is 3.74. The van der Waals surface area contributed by atoms with Crippen molar-refractivity contribution in [2.24, 2.45) is 0 Å². The minimum absolute atomic E-state index is 0.0869. The van der Waals surface area contributed by atoms with Crippen LogP contribution in [0.15, 0.2) is 18.2 Å². The molecule has 150 valence electrons. The van der Waals surface area contributed by atoms with Crippen molar-refractivity contribution in [3.05, 3.63) is 40.7 Å². The lowest BCUT2D eigenvalue weighted by Crippen LogP contribution is -2.38. The predicted molar refractivity (Wildman–Crippen MR) is 105 cm³/mol. The molecule has 3 heterocycles. The lowest BCUT2D eigenvalue weighted by Gasteiger charge is -2.18. The van der Waals surface area contributed by atoms with E-state index in [2.05, 4.69) is 25.7 Å². The maximum absolute atomic E-state index is 12.7. The zero-order valence-electron chi connectivity index (χ0n) is 16.4. The van der Waals surface area contributed by atoms with E-state index in [1.807, 2.05) is 18.2 Å². The number of rotatable bonds is 6. The smallest absolute Gasteiger partial charge is 0.272 e. The average molecular weight is 385 g/mol. The van der Waals surface area contributed by atoms with Crippen LogP contribution in [0.1, 0.15) is 33.7 Å². The van der Waals surface area contributed by atoms with E-state index in [1.54, 1.807) is 14.2 Å². The van der Waals surface area contributed by atoms with Gasteiger partial charge in [0.25, 0.3) is 5.91 Å². The Bertz CT molecular complexity index is 828. The van der Waals surface area contributed by atoms with Gasteiger partial charge in [-0.3, -0.25) is 14.8 Å². The van der Waals surface area contributed by atoms with Crippen LogP contribution in [0.3, 0.4) is 0 Å². The Morgan fingerprint density at radius 1 is 1.29 bits per heavy atom. The number of aromatic nitrogens is 2. The van der Waals surface area contributed by atoms with Crippen LogP contribution >= 0.6 is 0 Å². The number of hydrogen-bond acceptors (Lipinski definition) is 6. The number of carbonyl (C=O) groups excluding carboxylic acids is 1. The molecule has 4 rings (SSSR count). The third kappa shape index (κ3) is 3.98. The Hall–Kier alpha value is -2.58. The fraction of sp³-hybridized carbons (Fsp3) is 0.500. The van der Waals surface area contributed by atoms with Gasteiger partial charge in [-0.15, -0.1) is 0 Å². The van der Waals surface area contributed by atoms with Crippen LogP contribution in [0.2, 0.25) is 0 Å². The number of ether oxygens (including phenoxy) is 2. The number of nitrogens with one attached hydrogen (secondary N) is 3. The van der Waals surface area contributed by atoms with E-state index >= 15 is 0 Å². The second kappa shape index (κ2) is 8.20. The first-order chi connectivity index (χ1) is 13.7. The molecule has 0 bridgehead atoms. The summed E-state index contributed by atoms with van der Waals surface area (Å²) >= 11 is 0. The predicted octanol–water partition coefficient (Wildman–Crippen LogP) is 1.08. The highest BCUT2D eigenvalue weighted by Gasteiger charge is 2.27. The molecule has 0 aliphatic carbocycles. The van der Waals surface area contributed by atoms with Crippen molar-refractivity contribution in [1.29, 1.82) is 0 Å². The van der Waals surface area contributed by atoms with E-state index in [0.717, 1.165) is 67.3 Å². The Morgan fingerprint density at radius 3 is 2.82 bits per heavy atom. The lowest BCUT2D eigenvalue weighted by atomic mass is 10.1. The van der Waals surface area contributed by atoms with Gasteiger partial charge in [0, 0.05) is 62.5 Å². The second-order valence-electron chi connectivity index (χ2n) is 7.37. The summed E-state index contributed by atoms with van der Waals surface area (Å²) < 4.78 is 10.7. The number of carbonyl (C=O) groups is 1. The number of hydrogen-bond donors (Lipinski definition) is 3. The van der Waals surface area contributed by atoms with Crippen LogP contribution in [0.25, 0.3) is 0 Å². The summed E-state index contributed by atoms with van der Waals surface area (Å²) in [7, 11) is 3.31. The van der Waals surface area contributed by atoms with Gasteiger partial charge in [0.05, 0.1) is 14.2 Å². The molecule has 1 fully saturated rings. The highest BCUT2D eigenvalue weighted by Crippen LogP contribution is 2.24. The molecule has 1 amide bonds. The summed E-state index contributed by atoms with van der Waals surface area (Å²) in [4.78, 5) is 15.0. The third-order valence-corrected chi connectivity index (χ3v) is 5.45. The highest BCUT2D eigenvalue weighted by molar-refractivity contribution is 5.94. The molecule has 2 aliphatic heterocycles. The topological polar surface area (TPSA) is 91.5 Å². The van der Waals surface area contributed by atoms with Crippen LogP contribution in [0.5, 0.6) is 11.5 Å². The molecule has 1 atom stereocenters. The Kier molecular flexibility index (Phi) is 5.50. The average Bonchev–Trinajstić information content (AvgIpc) is 3.34. The third-order valence-electron chi connectivity index (χ3n) is 5.45. The number of aromatic amines is 1. The highest BCUT2D eigenvalue weighted by atomic mass is 16.5. The Balaban J connectivity index is 1.36. The first kappa shape index (κ1) is 18.8. The number of H-pyrrole nitrogens is 1. The van der Waals surface area contributed by atoms with Gasteiger partial charge in [0.1, 0.15) is 11.5 Å². The summed E-state index contributed by atoms with van der Waals surface area (Å²) in [5.74, 6) is 1.49. The van der Waals surface area contributed by atoms with Crippen molar-refractivity contribution in [2.75, 3.05) is 33.9 Å². The first-order valence-electron chi connectivity index (χ1n) is 9.68. The van der Waals surface area contributed by atoms with Crippen molar-refractivity contribution in [2.45, 2.75) is 32.0 Å². The zero-order valence-corrected chi connectivity index (χ0v) is 16.4. The number of amides is 1.